The Bertz CT molecular complexity index is 64.8. The molecule has 0 heterocycles. The average molecular weight is 174 g/mol. The zero-order valence-electron chi connectivity index (χ0n) is 7.92. The van der Waals surface area contributed by atoms with E-state index in [0.29, 0.717) is 0 Å². The SMILES string of the molecule is CCCCC.O=C(O)O.[H-].[K+]. The van der Waals surface area contributed by atoms with Crippen molar-refractivity contribution in [2.24, 2.45) is 0 Å². The van der Waals surface area contributed by atoms with Crippen molar-refractivity contribution in [2.75, 3.05) is 0 Å². The molecule has 0 aliphatic heterocycles. The first-order valence-corrected chi connectivity index (χ1v) is 3.07. The van der Waals surface area contributed by atoms with Crippen LogP contribution >= 0.6 is 0 Å². The van der Waals surface area contributed by atoms with Crippen molar-refractivity contribution in [3.63, 3.8) is 0 Å². The first-order valence-electron chi connectivity index (χ1n) is 3.07. The van der Waals surface area contributed by atoms with Crippen LogP contribution in [0.3, 0.4) is 0 Å². The Morgan fingerprint density at radius 3 is 1.50 bits per heavy atom. The Morgan fingerprint density at radius 2 is 1.50 bits per heavy atom. The summed E-state index contributed by atoms with van der Waals surface area (Å²) in [6.45, 7) is 4.42. The maximum atomic E-state index is 8.56. The van der Waals surface area contributed by atoms with Gasteiger partial charge in [-0.1, -0.05) is 33.1 Å². The van der Waals surface area contributed by atoms with Gasteiger partial charge in [0.05, 0.1) is 0 Å². The Morgan fingerprint density at radius 1 is 1.30 bits per heavy atom. The van der Waals surface area contributed by atoms with E-state index in [1.807, 2.05) is 0 Å². The average Bonchev–Trinajstić information content (AvgIpc) is 1.66. The van der Waals surface area contributed by atoms with Gasteiger partial charge in [0.1, 0.15) is 0 Å². The molecule has 0 atom stereocenters. The maximum absolute atomic E-state index is 8.56. The molecule has 0 fully saturated rings. The van der Waals surface area contributed by atoms with E-state index in [0.717, 1.165) is 0 Å². The van der Waals surface area contributed by atoms with Gasteiger partial charge in [0.15, 0.2) is 0 Å². The number of rotatable bonds is 2. The summed E-state index contributed by atoms with van der Waals surface area (Å²) in [7, 11) is 0. The van der Waals surface area contributed by atoms with Gasteiger partial charge >= 0.3 is 57.5 Å². The van der Waals surface area contributed by atoms with Crippen LogP contribution in [-0.2, 0) is 0 Å². The molecule has 10 heavy (non-hydrogen) atoms. The molecule has 0 aromatic carbocycles. The predicted molar refractivity (Wildman–Crippen MR) is 37.0 cm³/mol. The molecule has 0 amide bonds. The molecule has 0 aromatic rings. The van der Waals surface area contributed by atoms with Crippen LogP contribution in [0.25, 0.3) is 0 Å². The van der Waals surface area contributed by atoms with E-state index < -0.39 is 6.16 Å². The molecule has 0 aromatic heterocycles. The zero-order chi connectivity index (χ0) is 7.70. The van der Waals surface area contributed by atoms with E-state index >= 15 is 0 Å². The molecule has 0 unspecified atom stereocenters. The van der Waals surface area contributed by atoms with Crippen molar-refractivity contribution < 1.29 is 67.8 Å². The second kappa shape index (κ2) is 16.5. The minimum atomic E-state index is -1.83. The Kier molecular flexibility index (Phi) is 28.2. The first-order chi connectivity index (χ1) is 4.15. The standard InChI is InChI=1S/C5H12.CH2O3.K.H/c1-3-5-4-2;2-1(3)4;;/h3-5H2,1-2H3;(H2,2,3,4);;/q;;+1;-1. The molecule has 0 saturated carbocycles. The van der Waals surface area contributed by atoms with Crippen molar-refractivity contribution in [2.45, 2.75) is 33.1 Å². The van der Waals surface area contributed by atoms with Crippen LogP contribution in [0.5, 0.6) is 0 Å². The molecule has 4 heteroatoms. The minimum Gasteiger partial charge on any atom is -1.00 e. The summed E-state index contributed by atoms with van der Waals surface area (Å²) in [5, 5.41) is 13.9. The van der Waals surface area contributed by atoms with Crippen molar-refractivity contribution >= 4 is 6.16 Å². The van der Waals surface area contributed by atoms with Gasteiger partial charge in [-0.05, 0) is 0 Å². The summed E-state index contributed by atoms with van der Waals surface area (Å²) < 4.78 is 0. The predicted octanol–water partition coefficient (Wildman–Crippen LogP) is -0.465. The van der Waals surface area contributed by atoms with Gasteiger partial charge in [-0.2, -0.15) is 0 Å². The van der Waals surface area contributed by atoms with Gasteiger partial charge in [-0.15, -0.1) is 0 Å². The van der Waals surface area contributed by atoms with Crippen LogP contribution in [-0.4, -0.2) is 16.4 Å². The zero-order valence-corrected chi connectivity index (χ0v) is 10.0. The van der Waals surface area contributed by atoms with Crippen molar-refractivity contribution in [1.82, 2.24) is 0 Å². The molecule has 0 radical (unpaired) electrons. The van der Waals surface area contributed by atoms with Crippen LogP contribution < -0.4 is 51.4 Å². The van der Waals surface area contributed by atoms with Crippen molar-refractivity contribution in [1.29, 1.82) is 0 Å². The Balaban J connectivity index is -0.0000000383. The summed E-state index contributed by atoms with van der Waals surface area (Å²) in [4.78, 5) is 8.56. The Hall–Kier alpha value is 0.906. The van der Waals surface area contributed by atoms with Crippen molar-refractivity contribution in [3.8, 4) is 0 Å². The van der Waals surface area contributed by atoms with Crippen molar-refractivity contribution in [3.05, 3.63) is 0 Å². The van der Waals surface area contributed by atoms with Gasteiger partial charge in [0.2, 0.25) is 0 Å². The van der Waals surface area contributed by atoms with Crippen LogP contribution in [0.15, 0.2) is 0 Å². The molecule has 0 aliphatic rings. The molecule has 58 valence electrons. The summed E-state index contributed by atoms with van der Waals surface area (Å²) in [5.41, 5.74) is 0. The van der Waals surface area contributed by atoms with E-state index in [9.17, 15) is 0 Å². The molecule has 0 aliphatic carbocycles. The fraction of sp³-hybridized carbons (Fsp3) is 0.833. The molecule has 0 saturated heterocycles. The molecule has 0 bridgehead atoms. The monoisotopic (exact) mass is 174 g/mol. The van der Waals surface area contributed by atoms with Gasteiger partial charge in [-0.3, -0.25) is 0 Å². The number of hydrogen-bond acceptors (Lipinski definition) is 1. The van der Waals surface area contributed by atoms with Crippen LogP contribution in [0.4, 0.5) is 4.79 Å². The third-order valence-electron chi connectivity index (χ3n) is 0.707. The van der Waals surface area contributed by atoms with E-state index in [-0.39, 0.29) is 52.8 Å². The second-order valence-electron chi connectivity index (χ2n) is 1.64. The molecule has 0 spiro atoms. The van der Waals surface area contributed by atoms with Crippen LogP contribution in [0.2, 0.25) is 0 Å². The normalized spacial score (nSPS) is 6.60. The second-order valence-corrected chi connectivity index (χ2v) is 1.64. The van der Waals surface area contributed by atoms with E-state index in [1.165, 1.54) is 19.3 Å². The number of hydrogen-bond donors (Lipinski definition) is 2. The fourth-order valence-electron chi connectivity index (χ4n) is 0.354. The molecule has 3 nitrogen and oxygen atoms in total. The molecular formula is C6H15KO3. The van der Waals surface area contributed by atoms with Crippen LogP contribution in [0.1, 0.15) is 34.5 Å². The minimum absolute atomic E-state index is 0. The summed E-state index contributed by atoms with van der Waals surface area (Å²) in [6, 6.07) is 0. The van der Waals surface area contributed by atoms with Crippen LogP contribution in [0, 0.1) is 0 Å². The summed E-state index contributed by atoms with van der Waals surface area (Å²) in [5.74, 6) is 0. The number of carboxylic acid groups (broad SMARTS) is 2. The summed E-state index contributed by atoms with van der Waals surface area (Å²) >= 11 is 0. The topological polar surface area (TPSA) is 57.5 Å². The molecular weight excluding hydrogens is 159 g/mol. The number of unbranched alkanes of at least 4 members (excludes halogenated alkanes) is 2. The smallest absolute Gasteiger partial charge is 1.00 e. The molecule has 2 N–H and O–H groups in total. The maximum Gasteiger partial charge on any atom is 1.00 e. The first kappa shape index (κ1) is 17.1. The van der Waals surface area contributed by atoms with E-state index in [1.54, 1.807) is 0 Å². The fourth-order valence-corrected chi connectivity index (χ4v) is 0.354. The van der Waals surface area contributed by atoms with Gasteiger partial charge in [-0.25, -0.2) is 4.79 Å². The quantitative estimate of drug-likeness (QED) is 0.557. The molecule has 0 rings (SSSR count). The van der Waals surface area contributed by atoms with E-state index in [4.69, 9.17) is 15.0 Å². The largest absolute Gasteiger partial charge is 1.00 e. The third kappa shape index (κ3) is 65.9. The Labute approximate surface area is 106 Å². The summed E-state index contributed by atoms with van der Waals surface area (Å²) in [6.07, 6.45) is 2.24. The number of carbonyl (C=O) groups is 1. The van der Waals surface area contributed by atoms with E-state index in [2.05, 4.69) is 13.8 Å². The van der Waals surface area contributed by atoms with Gasteiger partial charge in [0.25, 0.3) is 0 Å². The van der Waals surface area contributed by atoms with Gasteiger partial charge in [0, 0.05) is 0 Å². The third-order valence-corrected chi connectivity index (χ3v) is 0.707. The van der Waals surface area contributed by atoms with Gasteiger partial charge < -0.3 is 11.6 Å².